The third kappa shape index (κ3) is 7.84. The van der Waals surface area contributed by atoms with E-state index >= 15 is 0 Å². The topological polar surface area (TPSA) is 123 Å². The fourth-order valence-corrected chi connectivity index (χ4v) is 3.94. The van der Waals surface area contributed by atoms with Crippen molar-refractivity contribution in [3.8, 4) is 0 Å². The Balaban J connectivity index is 1.36. The first-order chi connectivity index (χ1) is 16.9. The molecule has 0 saturated carbocycles. The lowest BCUT2D eigenvalue weighted by molar-refractivity contribution is -0.137. The third-order valence-corrected chi connectivity index (χ3v) is 5.91. The number of anilines is 1. The molecule has 0 aromatic heterocycles. The van der Waals surface area contributed by atoms with Gasteiger partial charge in [-0.05, 0) is 30.9 Å². The number of ether oxygens (including phenoxy) is 3. The smallest absolute Gasteiger partial charge is 0.255 e. The van der Waals surface area contributed by atoms with E-state index in [0.717, 1.165) is 13.0 Å². The number of carbonyl (C=O) groups is 4. The lowest BCUT2D eigenvalue weighted by Gasteiger charge is -2.29. The Morgan fingerprint density at radius 3 is 2.43 bits per heavy atom. The molecule has 2 aliphatic rings. The van der Waals surface area contributed by atoms with E-state index in [0.29, 0.717) is 49.2 Å². The number of amides is 4. The molecule has 2 N–H and O–H groups in total. The highest BCUT2D eigenvalue weighted by molar-refractivity contribution is 6.06. The molecule has 35 heavy (non-hydrogen) atoms. The van der Waals surface area contributed by atoms with Crippen molar-refractivity contribution in [1.29, 1.82) is 0 Å². The van der Waals surface area contributed by atoms with Crippen molar-refractivity contribution in [3.63, 3.8) is 0 Å². The number of imide groups is 1. The SMILES string of the molecule is CC(C)CCOCCOCCOCCC(=O)Nc1cccc2c1CN(C1CCC(=O)NC1=O)C2=O. The summed E-state index contributed by atoms with van der Waals surface area (Å²) in [6.07, 6.45) is 1.67. The van der Waals surface area contributed by atoms with E-state index < -0.39 is 11.9 Å². The van der Waals surface area contributed by atoms with Crippen molar-refractivity contribution in [2.24, 2.45) is 5.92 Å². The molecule has 0 aliphatic carbocycles. The van der Waals surface area contributed by atoms with Crippen LogP contribution in [0.5, 0.6) is 0 Å². The Kier molecular flexibility index (Phi) is 10.2. The number of hydrogen-bond donors (Lipinski definition) is 2. The van der Waals surface area contributed by atoms with E-state index in [1.165, 1.54) is 4.90 Å². The molecule has 4 amide bonds. The largest absolute Gasteiger partial charge is 0.379 e. The van der Waals surface area contributed by atoms with Gasteiger partial charge in [0, 0.05) is 36.4 Å². The van der Waals surface area contributed by atoms with Gasteiger partial charge in [-0.1, -0.05) is 19.9 Å². The number of piperidine rings is 1. The summed E-state index contributed by atoms with van der Waals surface area (Å²) in [4.78, 5) is 50.4. The Hall–Kier alpha value is -2.82. The zero-order chi connectivity index (χ0) is 25.2. The number of nitrogens with zero attached hydrogens (tertiary/aromatic N) is 1. The summed E-state index contributed by atoms with van der Waals surface area (Å²) in [7, 11) is 0. The van der Waals surface area contributed by atoms with Crippen molar-refractivity contribution < 1.29 is 33.4 Å². The second-order valence-electron chi connectivity index (χ2n) is 9.05. The van der Waals surface area contributed by atoms with E-state index in [2.05, 4.69) is 24.5 Å². The maximum Gasteiger partial charge on any atom is 0.255 e. The van der Waals surface area contributed by atoms with Gasteiger partial charge in [0.15, 0.2) is 0 Å². The Morgan fingerprint density at radius 1 is 1.06 bits per heavy atom. The molecule has 2 aliphatic heterocycles. The molecule has 1 saturated heterocycles. The van der Waals surface area contributed by atoms with Gasteiger partial charge in [-0.3, -0.25) is 24.5 Å². The van der Waals surface area contributed by atoms with Gasteiger partial charge in [0.05, 0.1) is 39.5 Å². The van der Waals surface area contributed by atoms with Crippen LogP contribution in [-0.4, -0.2) is 74.2 Å². The Bertz CT molecular complexity index is 918. The quantitative estimate of drug-likeness (QED) is 0.302. The maximum atomic E-state index is 12.9. The lowest BCUT2D eigenvalue weighted by atomic mass is 10.0. The van der Waals surface area contributed by atoms with Crippen LogP contribution in [0.25, 0.3) is 0 Å². The van der Waals surface area contributed by atoms with Crippen LogP contribution in [0.15, 0.2) is 18.2 Å². The highest BCUT2D eigenvalue weighted by Crippen LogP contribution is 2.32. The van der Waals surface area contributed by atoms with E-state index in [9.17, 15) is 19.2 Å². The molecule has 0 spiro atoms. The van der Waals surface area contributed by atoms with Crippen molar-refractivity contribution in [2.45, 2.75) is 52.1 Å². The van der Waals surface area contributed by atoms with Gasteiger partial charge in [-0.25, -0.2) is 0 Å². The molecule has 0 bridgehead atoms. The molecular formula is C25H35N3O7. The monoisotopic (exact) mass is 489 g/mol. The van der Waals surface area contributed by atoms with Gasteiger partial charge in [-0.15, -0.1) is 0 Å². The molecule has 2 heterocycles. The van der Waals surface area contributed by atoms with Crippen LogP contribution in [0.4, 0.5) is 5.69 Å². The average molecular weight is 490 g/mol. The number of fused-ring (bicyclic) bond motifs is 1. The molecule has 1 unspecified atom stereocenters. The van der Waals surface area contributed by atoms with Crippen molar-refractivity contribution in [3.05, 3.63) is 29.3 Å². The normalized spacial score (nSPS) is 17.6. The van der Waals surface area contributed by atoms with E-state index in [4.69, 9.17) is 14.2 Å². The minimum atomic E-state index is -0.696. The first kappa shape index (κ1) is 26.8. The van der Waals surface area contributed by atoms with E-state index in [-0.39, 0.29) is 50.1 Å². The minimum absolute atomic E-state index is 0.160. The number of benzene rings is 1. The summed E-state index contributed by atoms with van der Waals surface area (Å²) in [6.45, 7) is 7.37. The summed E-state index contributed by atoms with van der Waals surface area (Å²) >= 11 is 0. The van der Waals surface area contributed by atoms with Gasteiger partial charge >= 0.3 is 0 Å². The summed E-state index contributed by atoms with van der Waals surface area (Å²) < 4.78 is 16.4. The fraction of sp³-hybridized carbons (Fsp3) is 0.600. The summed E-state index contributed by atoms with van der Waals surface area (Å²) in [5.41, 5.74) is 1.66. The summed E-state index contributed by atoms with van der Waals surface area (Å²) in [6, 6.07) is 4.41. The van der Waals surface area contributed by atoms with Gasteiger partial charge in [0.25, 0.3) is 5.91 Å². The minimum Gasteiger partial charge on any atom is -0.379 e. The van der Waals surface area contributed by atoms with E-state index in [1.54, 1.807) is 18.2 Å². The lowest BCUT2D eigenvalue weighted by Crippen LogP contribution is -2.52. The molecule has 0 radical (unpaired) electrons. The van der Waals surface area contributed by atoms with Crippen molar-refractivity contribution in [1.82, 2.24) is 10.2 Å². The molecule has 10 heteroatoms. The van der Waals surface area contributed by atoms with Crippen LogP contribution in [0.2, 0.25) is 0 Å². The van der Waals surface area contributed by atoms with Gasteiger partial charge in [-0.2, -0.15) is 0 Å². The molecule has 1 fully saturated rings. The van der Waals surface area contributed by atoms with Crippen molar-refractivity contribution in [2.75, 3.05) is 45.0 Å². The Morgan fingerprint density at radius 2 is 1.74 bits per heavy atom. The van der Waals surface area contributed by atoms with E-state index in [1.807, 2.05) is 0 Å². The van der Waals surface area contributed by atoms with Crippen LogP contribution >= 0.6 is 0 Å². The maximum absolute atomic E-state index is 12.9. The zero-order valence-corrected chi connectivity index (χ0v) is 20.5. The van der Waals surface area contributed by atoms with Gasteiger partial charge in [0.1, 0.15) is 6.04 Å². The standard InChI is InChI=1S/C25H35N3O7/c1-17(2)8-10-33-12-14-35-15-13-34-11-9-23(30)26-20-5-3-4-18-19(20)16-28(25(18)32)21-6-7-22(29)27-24(21)31/h3-5,17,21H,6-16H2,1-2H3,(H,26,30)(H,27,29,31). The highest BCUT2D eigenvalue weighted by atomic mass is 16.5. The molecule has 1 atom stereocenters. The second-order valence-corrected chi connectivity index (χ2v) is 9.05. The van der Waals surface area contributed by atoms with Gasteiger partial charge in [0.2, 0.25) is 17.7 Å². The van der Waals surface area contributed by atoms with Gasteiger partial charge < -0.3 is 24.4 Å². The van der Waals surface area contributed by atoms with Crippen LogP contribution in [0.1, 0.15) is 55.5 Å². The van der Waals surface area contributed by atoms with Crippen LogP contribution in [0.3, 0.4) is 0 Å². The molecular weight excluding hydrogens is 454 g/mol. The number of hydrogen-bond acceptors (Lipinski definition) is 7. The van der Waals surface area contributed by atoms with Crippen LogP contribution in [0, 0.1) is 5.92 Å². The van der Waals surface area contributed by atoms with Crippen LogP contribution in [-0.2, 0) is 35.1 Å². The predicted molar refractivity (Wildman–Crippen MR) is 128 cm³/mol. The van der Waals surface area contributed by atoms with Crippen LogP contribution < -0.4 is 10.6 Å². The molecule has 1 aromatic rings. The molecule has 3 rings (SSSR count). The number of carbonyl (C=O) groups excluding carboxylic acids is 4. The predicted octanol–water partition coefficient (Wildman–Crippen LogP) is 1.87. The average Bonchev–Trinajstić information content (AvgIpc) is 3.14. The first-order valence-corrected chi connectivity index (χ1v) is 12.2. The second kappa shape index (κ2) is 13.3. The summed E-state index contributed by atoms with van der Waals surface area (Å²) in [5, 5.41) is 5.13. The zero-order valence-electron chi connectivity index (χ0n) is 20.5. The third-order valence-electron chi connectivity index (χ3n) is 5.91. The fourth-order valence-electron chi connectivity index (χ4n) is 3.94. The highest BCUT2D eigenvalue weighted by Gasteiger charge is 2.39. The Labute approximate surface area is 205 Å². The molecule has 192 valence electrons. The summed E-state index contributed by atoms with van der Waals surface area (Å²) in [5.74, 6) is -0.681. The first-order valence-electron chi connectivity index (χ1n) is 12.2. The molecule has 1 aromatic carbocycles. The number of rotatable bonds is 14. The molecule has 10 nitrogen and oxygen atoms in total. The van der Waals surface area contributed by atoms with Crippen molar-refractivity contribution >= 4 is 29.3 Å². The number of nitrogens with one attached hydrogen (secondary N) is 2.